The van der Waals surface area contributed by atoms with Crippen molar-refractivity contribution in [2.24, 2.45) is 5.73 Å². The summed E-state index contributed by atoms with van der Waals surface area (Å²) in [6.07, 6.45) is 1.06. The van der Waals surface area contributed by atoms with E-state index < -0.39 is 17.5 Å². The van der Waals surface area contributed by atoms with Crippen LogP contribution in [0.1, 0.15) is 10.4 Å². The van der Waals surface area contributed by atoms with E-state index in [0.29, 0.717) is 11.0 Å². The van der Waals surface area contributed by atoms with Crippen LogP contribution in [-0.4, -0.2) is 17.0 Å². The maximum Gasteiger partial charge on any atom is 0.351 e. The predicted molar refractivity (Wildman–Crippen MR) is 68.8 cm³/mol. The molecule has 6 nitrogen and oxygen atoms in total. The van der Waals surface area contributed by atoms with Crippen LogP contribution in [0.15, 0.2) is 52.2 Å². The van der Waals surface area contributed by atoms with Gasteiger partial charge in [-0.25, -0.2) is 9.59 Å². The van der Waals surface area contributed by atoms with Gasteiger partial charge < -0.3 is 15.3 Å². The maximum absolute atomic E-state index is 11.1. The molecule has 0 unspecified atom stereocenters. The van der Waals surface area contributed by atoms with Gasteiger partial charge in [-0.1, -0.05) is 24.8 Å². The Balaban J connectivity index is 0.000000312. The third-order valence-corrected chi connectivity index (χ3v) is 2.07. The summed E-state index contributed by atoms with van der Waals surface area (Å²) in [5.41, 5.74) is 3.76. The molecule has 19 heavy (non-hydrogen) atoms. The fraction of sp³-hybridized carbons (Fsp3) is 0. The summed E-state index contributed by atoms with van der Waals surface area (Å²) in [6, 6.07) is 8.07. The Bertz CT molecular complexity index is 687. The lowest BCUT2D eigenvalue weighted by atomic mass is 10.2. The Morgan fingerprint density at radius 3 is 2.42 bits per heavy atom. The normalized spacial score (nSPS) is 9.26. The lowest BCUT2D eigenvalue weighted by Gasteiger charge is -1.96. The standard InChI is InChI=1S/C10H6O4.C3H5NO/c11-9(12)7-5-6-3-1-2-4-8(6)14-10(7)13;1-2-3(4)5/h1-5H,(H,11,12);2H,1H2,(H2,4,5). The van der Waals surface area contributed by atoms with E-state index in [-0.39, 0.29) is 5.56 Å². The minimum absolute atomic E-state index is 0.344. The zero-order valence-corrected chi connectivity index (χ0v) is 9.83. The van der Waals surface area contributed by atoms with Crippen molar-refractivity contribution in [2.45, 2.75) is 0 Å². The van der Waals surface area contributed by atoms with E-state index in [0.717, 1.165) is 6.08 Å². The molecule has 0 aliphatic rings. The van der Waals surface area contributed by atoms with Crippen molar-refractivity contribution >= 4 is 22.8 Å². The summed E-state index contributed by atoms with van der Waals surface area (Å²) in [5.74, 6) is -1.76. The number of hydrogen-bond donors (Lipinski definition) is 2. The largest absolute Gasteiger partial charge is 0.477 e. The van der Waals surface area contributed by atoms with Gasteiger partial charge in [0.25, 0.3) is 0 Å². The van der Waals surface area contributed by atoms with Crippen molar-refractivity contribution in [3.8, 4) is 0 Å². The molecule has 1 aromatic heterocycles. The summed E-state index contributed by atoms with van der Waals surface area (Å²) >= 11 is 0. The number of nitrogens with two attached hydrogens (primary N) is 1. The number of primary amides is 1. The van der Waals surface area contributed by atoms with Gasteiger partial charge in [-0.3, -0.25) is 4.79 Å². The number of hydrogen-bond acceptors (Lipinski definition) is 4. The highest BCUT2D eigenvalue weighted by Gasteiger charge is 2.10. The smallest absolute Gasteiger partial charge is 0.351 e. The second kappa shape index (κ2) is 6.15. The van der Waals surface area contributed by atoms with Crippen LogP contribution in [0.5, 0.6) is 0 Å². The molecule has 1 heterocycles. The average molecular weight is 261 g/mol. The number of aromatic carboxylic acids is 1. The van der Waals surface area contributed by atoms with Crippen LogP contribution in [-0.2, 0) is 4.79 Å². The third kappa shape index (κ3) is 3.81. The maximum atomic E-state index is 11.1. The minimum atomic E-state index is -1.27. The quantitative estimate of drug-likeness (QED) is 0.622. The molecule has 98 valence electrons. The van der Waals surface area contributed by atoms with Crippen LogP contribution in [0.3, 0.4) is 0 Å². The number of fused-ring (bicyclic) bond motifs is 1. The number of amides is 1. The molecule has 6 heteroatoms. The number of carboxylic acid groups (broad SMARTS) is 1. The van der Waals surface area contributed by atoms with Crippen LogP contribution in [0, 0.1) is 0 Å². The topological polar surface area (TPSA) is 111 Å². The van der Waals surface area contributed by atoms with Gasteiger partial charge >= 0.3 is 11.6 Å². The molecule has 0 atom stereocenters. The SMILES string of the molecule is C=CC(N)=O.O=C(O)c1cc2ccccc2oc1=O. The Morgan fingerprint density at radius 1 is 1.32 bits per heavy atom. The van der Waals surface area contributed by atoms with E-state index in [1.54, 1.807) is 24.3 Å². The number of para-hydroxylation sites is 1. The van der Waals surface area contributed by atoms with Gasteiger partial charge in [0.1, 0.15) is 11.1 Å². The minimum Gasteiger partial charge on any atom is -0.477 e. The number of carbonyl (C=O) groups excluding carboxylic acids is 1. The fourth-order valence-corrected chi connectivity index (χ4v) is 1.21. The zero-order chi connectivity index (χ0) is 14.4. The molecule has 1 amide bonds. The second-order valence-electron chi connectivity index (χ2n) is 3.40. The summed E-state index contributed by atoms with van der Waals surface area (Å²) in [6.45, 7) is 3.09. The first-order chi connectivity index (χ1) is 8.95. The summed E-state index contributed by atoms with van der Waals surface area (Å²) in [7, 11) is 0. The number of rotatable bonds is 2. The third-order valence-electron chi connectivity index (χ3n) is 2.07. The number of carbonyl (C=O) groups is 2. The number of benzene rings is 1. The molecule has 2 aromatic rings. The summed E-state index contributed by atoms with van der Waals surface area (Å²) in [5, 5.41) is 9.27. The Morgan fingerprint density at radius 2 is 1.89 bits per heavy atom. The highest BCUT2D eigenvalue weighted by Crippen LogP contribution is 2.12. The molecular weight excluding hydrogens is 250 g/mol. The molecule has 2 rings (SSSR count). The van der Waals surface area contributed by atoms with Crippen LogP contribution in [0.4, 0.5) is 0 Å². The van der Waals surface area contributed by atoms with E-state index in [4.69, 9.17) is 9.52 Å². The predicted octanol–water partition coefficient (Wildman–Crippen LogP) is 1.15. The average Bonchev–Trinajstić information content (AvgIpc) is 2.38. The van der Waals surface area contributed by atoms with Crippen molar-refractivity contribution in [3.63, 3.8) is 0 Å². The van der Waals surface area contributed by atoms with Crippen molar-refractivity contribution in [2.75, 3.05) is 0 Å². The van der Waals surface area contributed by atoms with E-state index >= 15 is 0 Å². The monoisotopic (exact) mass is 261 g/mol. The molecule has 1 aromatic carbocycles. The second-order valence-corrected chi connectivity index (χ2v) is 3.40. The number of carboxylic acids is 1. The lowest BCUT2D eigenvalue weighted by Crippen LogP contribution is -2.12. The molecule has 0 aliphatic heterocycles. The Kier molecular flexibility index (Phi) is 4.59. The molecule has 0 spiro atoms. The van der Waals surface area contributed by atoms with Gasteiger partial charge in [-0.15, -0.1) is 0 Å². The fourth-order valence-electron chi connectivity index (χ4n) is 1.21. The van der Waals surface area contributed by atoms with Crippen molar-refractivity contribution in [1.29, 1.82) is 0 Å². The molecule has 0 aliphatic carbocycles. The molecule has 0 saturated heterocycles. The molecule has 0 radical (unpaired) electrons. The molecule has 0 fully saturated rings. The van der Waals surface area contributed by atoms with Gasteiger partial charge in [0.2, 0.25) is 5.91 Å². The highest BCUT2D eigenvalue weighted by molar-refractivity contribution is 5.91. The van der Waals surface area contributed by atoms with Crippen molar-refractivity contribution in [1.82, 2.24) is 0 Å². The van der Waals surface area contributed by atoms with Gasteiger partial charge in [0, 0.05) is 5.39 Å². The Hall–Kier alpha value is -2.89. The first-order valence-corrected chi connectivity index (χ1v) is 5.13. The highest BCUT2D eigenvalue weighted by atomic mass is 16.4. The van der Waals surface area contributed by atoms with E-state index in [1.807, 2.05) is 0 Å². The van der Waals surface area contributed by atoms with Crippen LogP contribution >= 0.6 is 0 Å². The van der Waals surface area contributed by atoms with E-state index in [2.05, 4.69) is 12.3 Å². The zero-order valence-electron chi connectivity index (χ0n) is 9.83. The first kappa shape index (κ1) is 14.2. The molecule has 0 saturated carbocycles. The molecule has 0 bridgehead atoms. The summed E-state index contributed by atoms with van der Waals surface area (Å²) in [4.78, 5) is 31.2. The van der Waals surface area contributed by atoms with E-state index in [9.17, 15) is 14.4 Å². The van der Waals surface area contributed by atoms with Crippen LogP contribution in [0.2, 0.25) is 0 Å². The Labute approximate surface area is 107 Å². The van der Waals surface area contributed by atoms with Crippen LogP contribution in [0.25, 0.3) is 11.0 Å². The van der Waals surface area contributed by atoms with Crippen molar-refractivity contribution < 1.29 is 19.1 Å². The van der Waals surface area contributed by atoms with Gasteiger partial charge in [-0.05, 0) is 18.2 Å². The van der Waals surface area contributed by atoms with Gasteiger partial charge in [0.05, 0.1) is 0 Å². The lowest BCUT2D eigenvalue weighted by molar-refractivity contribution is -0.113. The summed E-state index contributed by atoms with van der Waals surface area (Å²) < 4.78 is 4.82. The van der Waals surface area contributed by atoms with Crippen LogP contribution < -0.4 is 11.4 Å². The van der Waals surface area contributed by atoms with Crippen molar-refractivity contribution in [3.05, 3.63) is 59.0 Å². The first-order valence-electron chi connectivity index (χ1n) is 5.13. The van der Waals surface area contributed by atoms with E-state index in [1.165, 1.54) is 6.07 Å². The van der Waals surface area contributed by atoms with Gasteiger partial charge in [-0.2, -0.15) is 0 Å². The molecule has 3 N–H and O–H groups in total. The van der Waals surface area contributed by atoms with Gasteiger partial charge in [0.15, 0.2) is 0 Å². The molecular formula is C13H11NO5.